The van der Waals surface area contributed by atoms with Crippen molar-refractivity contribution in [1.29, 1.82) is 0 Å². The summed E-state index contributed by atoms with van der Waals surface area (Å²) in [6.07, 6.45) is 3.61. The summed E-state index contributed by atoms with van der Waals surface area (Å²) in [6.45, 7) is 2.20. The van der Waals surface area contributed by atoms with E-state index in [9.17, 15) is 0 Å². The van der Waals surface area contributed by atoms with Gasteiger partial charge in [-0.1, -0.05) is 43.7 Å². The van der Waals surface area contributed by atoms with E-state index in [-0.39, 0.29) is 12.4 Å². The molecule has 0 spiro atoms. The molecule has 1 aliphatic heterocycles. The van der Waals surface area contributed by atoms with Gasteiger partial charge in [0.25, 0.3) is 0 Å². The highest BCUT2D eigenvalue weighted by atomic mass is 16.7. The zero-order chi connectivity index (χ0) is 11.4. The average Bonchev–Trinajstić information content (AvgIpc) is 2.52. The van der Waals surface area contributed by atoms with Gasteiger partial charge in [-0.05, 0) is 18.4 Å². The molecule has 88 valence electrons. The van der Waals surface area contributed by atoms with Crippen molar-refractivity contribution in [3.63, 3.8) is 0 Å². The molecule has 1 aliphatic rings. The Morgan fingerprint density at radius 1 is 1.19 bits per heavy atom. The van der Waals surface area contributed by atoms with Gasteiger partial charge in [0.1, 0.15) is 0 Å². The first-order valence-electron chi connectivity index (χ1n) is 6.04. The Morgan fingerprint density at radius 3 is 2.62 bits per heavy atom. The first-order valence-corrected chi connectivity index (χ1v) is 6.04. The number of ether oxygens (including phenoxy) is 2. The van der Waals surface area contributed by atoms with Gasteiger partial charge in [-0.15, -0.1) is 0 Å². The molecule has 1 aromatic carbocycles. The molecule has 1 saturated heterocycles. The summed E-state index contributed by atoms with van der Waals surface area (Å²) < 4.78 is 11.4. The van der Waals surface area contributed by atoms with Crippen LogP contribution in [0.3, 0.4) is 0 Å². The Morgan fingerprint density at radius 2 is 1.94 bits per heavy atom. The van der Waals surface area contributed by atoms with Crippen LogP contribution < -0.4 is 0 Å². The highest BCUT2D eigenvalue weighted by Gasteiger charge is 2.26. The summed E-state index contributed by atoms with van der Waals surface area (Å²) in [5, 5.41) is 0. The molecule has 2 nitrogen and oxygen atoms in total. The summed E-state index contributed by atoms with van der Waals surface area (Å²) in [6, 6.07) is 10.4. The topological polar surface area (TPSA) is 18.5 Å². The van der Waals surface area contributed by atoms with Gasteiger partial charge in [0.05, 0.1) is 6.10 Å². The molecule has 2 heteroatoms. The third-order valence-electron chi connectivity index (χ3n) is 3.29. The lowest BCUT2D eigenvalue weighted by molar-refractivity contribution is -0.175. The van der Waals surface area contributed by atoms with Crippen molar-refractivity contribution >= 4 is 0 Å². The number of benzene rings is 1. The van der Waals surface area contributed by atoms with Crippen LogP contribution in [0.5, 0.6) is 0 Å². The van der Waals surface area contributed by atoms with E-state index >= 15 is 0 Å². The van der Waals surface area contributed by atoms with Gasteiger partial charge in [-0.3, -0.25) is 0 Å². The van der Waals surface area contributed by atoms with Crippen LogP contribution in [0.2, 0.25) is 0 Å². The summed E-state index contributed by atoms with van der Waals surface area (Å²) in [4.78, 5) is 0. The maximum Gasteiger partial charge on any atom is 0.160 e. The van der Waals surface area contributed by atoms with Crippen LogP contribution in [0.4, 0.5) is 0 Å². The normalized spacial score (nSPS) is 31.0. The zero-order valence-electron chi connectivity index (χ0n) is 10.1. The average molecular weight is 220 g/mol. The summed E-state index contributed by atoms with van der Waals surface area (Å²) in [5.74, 6) is 0.485. The van der Waals surface area contributed by atoms with Gasteiger partial charge in [-0.2, -0.15) is 0 Å². The first kappa shape index (κ1) is 11.6. The molecule has 2 rings (SSSR count). The zero-order valence-corrected chi connectivity index (χ0v) is 10.1. The highest BCUT2D eigenvalue weighted by molar-refractivity contribution is 5.17. The minimum absolute atomic E-state index is 0.0623. The van der Waals surface area contributed by atoms with Crippen LogP contribution in [-0.4, -0.2) is 13.4 Å². The lowest BCUT2D eigenvalue weighted by Crippen LogP contribution is -2.23. The maximum atomic E-state index is 6.04. The fourth-order valence-corrected chi connectivity index (χ4v) is 2.33. The summed E-state index contributed by atoms with van der Waals surface area (Å²) in [5.41, 5.74) is 1.26. The number of hydrogen-bond acceptors (Lipinski definition) is 2. The van der Waals surface area contributed by atoms with Crippen LogP contribution in [0.1, 0.15) is 37.9 Å². The van der Waals surface area contributed by atoms with Crippen LogP contribution in [0, 0.1) is 5.92 Å². The van der Waals surface area contributed by atoms with Crippen molar-refractivity contribution in [2.24, 2.45) is 5.92 Å². The van der Waals surface area contributed by atoms with Gasteiger partial charge in [-0.25, -0.2) is 0 Å². The Balaban J connectivity index is 2.10. The molecule has 3 atom stereocenters. The van der Waals surface area contributed by atoms with Crippen molar-refractivity contribution in [3.8, 4) is 0 Å². The van der Waals surface area contributed by atoms with Gasteiger partial charge in [0.2, 0.25) is 0 Å². The molecule has 1 aromatic rings. The Hall–Kier alpha value is -0.860. The number of rotatable bonds is 2. The molecule has 0 aromatic heterocycles. The van der Waals surface area contributed by atoms with Gasteiger partial charge >= 0.3 is 0 Å². The fraction of sp³-hybridized carbons (Fsp3) is 0.571. The molecular weight excluding hydrogens is 200 g/mol. The van der Waals surface area contributed by atoms with Crippen molar-refractivity contribution in [2.75, 3.05) is 7.11 Å². The molecule has 0 bridgehead atoms. The Bertz CT molecular complexity index is 310. The lowest BCUT2D eigenvalue weighted by atomic mass is 10.0. The quantitative estimate of drug-likeness (QED) is 0.759. The Kier molecular flexibility index (Phi) is 3.97. The van der Waals surface area contributed by atoms with E-state index in [1.807, 2.05) is 6.07 Å². The predicted molar refractivity (Wildman–Crippen MR) is 64.1 cm³/mol. The minimum Gasteiger partial charge on any atom is -0.356 e. The molecule has 0 saturated carbocycles. The second-order valence-corrected chi connectivity index (χ2v) is 4.55. The highest BCUT2D eigenvalue weighted by Crippen LogP contribution is 2.32. The molecule has 0 N–H and O–H groups in total. The van der Waals surface area contributed by atoms with Crippen LogP contribution in [-0.2, 0) is 9.47 Å². The van der Waals surface area contributed by atoms with Crippen molar-refractivity contribution in [1.82, 2.24) is 0 Å². The monoisotopic (exact) mass is 220 g/mol. The van der Waals surface area contributed by atoms with Crippen molar-refractivity contribution in [2.45, 2.75) is 38.6 Å². The molecule has 0 aliphatic carbocycles. The molecule has 0 radical (unpaired) electrons. The van der Waals surface area contributed by atoms with Crippen LogP contribution >= 0.6 is 0 Å². The standard InChI is InChI=1S/C14H20O2/c1-11-7-6-10-13(16-14(11)15-2)12-8-4-3-5-9-12/h3-5,8-9,11,13-14H,6-7,10H2,1-2H3/t11-,13+,14+/m0/s1. The van der Waals surface area contributed by atoms with Gasteiger partial charge in [0, 0.05) is 13.0 Å². The first-order chi connectivity index (χ1) is 7.81. The second-order valence-electron chi connectivity index (χ2n) is 4.55. The number of hydrogen-bond donors (Lipinski definition) is 0. The minimum atomic E-state index is -0.0623. The lowest BCUT2D eigenvalue weighted by Gasteiger charge is -2.24. The van der Waals surface area contributed by atoms with Crippen LogP contribution in [0.25, 0.3) is 0 Å². The van der Waals surface area contributed by atoms with Crippen molar-refractivity contribution < 1.29 is 9.47 Å². The van der Waals surface area contributed by atoms with E-state index in [1.54, 1.807) is 7.11 Å². The van der Waals surface area contributed by atoms with E-state index in [2.05, 4.69) is 31.2 Å². The smallest absolute Gasteiger partial charge is 0.160 e. The van der Waals surface area contributed by atoms with E-state index in [0.717, 1.165) is 6.42 Å². The molecule has 16 heavy (non-hydrogen) atoms. The van der Waals surface area contributed by atoms with Gasteiger partial charge < -0.3 is 9.47 Å². The Labute approximate surface area is 97.6 Å². The van der Waals surface area contributed by atoms with E-state index in [4.69, 9.17) is 9.47 Å². The van der Waals surface area contributed by atoms with Gasteiger partial charge in [0.15, 0.2) is 6.29 Å². The van der Waals surface area contributed by atoms with E-state index < -0.39 is 0 Å². The summed E-state index contributed by atoms with van der Waals surface area (Å²) in [7, 11) is 1.73. The number of methoxy groups -OCH3 is 1. The molecule has 0 unspecified atom stereocenters. The SMILES string of the molecule is CO[C@@H]1O[C@@H](c2ccccc2)CCC[C@@H]1C. The molecular formula is C14H20O2. The predicted octanol–water partition coefficient (Wildman–Crippen LogP) is 3.54. The fourth-order valence-electron chi connectivity index (χ4n) is 2.33. The third kappa shape index (κ3) is 2.63. The third-order valence-corrected chi connectivity index (χ3v) is 3.29. The summed E-state index contributed by atoms with van der Waals surface area (Å²) >= 11 is 0. The molecule has 1 fully saturated rings. The van der Waals surface area contributed by atoms with E-state index in [0.29, 0.717) is 5.92 Å². The molecule has 1 heterocycles. The maximum absolute atomic E-state index is 6.04. The van der Waals surface area contributed by atoms with Crippen molar-refractivity contribution in [3.05, 3.63) is 35.9 Å². The molecule has 0 amide bonds. The largest absolute Gasteiger partial charge is 0.356 e. The second kappa shape index (κ2) is 5.46. The van der Waals surface area contributed by atoms with Crippen LogP contribution in [0.15, 0.2) is 30.3 Å². The van der Waals surface area contributed by atoms with E-state index in [1.165, 1.54) is 18.4 Å².